The molecule has 0 aromatic carbocycles. The highest BCUT2D eigenvalue weighted by atomic mass is 32.2. The highest BCUT2D eigenvalue weighted by Gasteiger charge is 2.51. The summed E-state index contributed by atoms with van der Waals surface area (Å²) < 4.78 is 6.28. The molecule has 3 atom stereocenters. The van der Waals surface area contributed by atoms with E-state index in [2.05, 4.69) is 13.8 Å². The van der Waals surface area contributed by atoms with Gasteiger partial charge in [-0.2, -0.15) is 0 Å². The minimum absolute atomic E-state index is 0.0409. The molecule has 2 nitrogen and oxygen atoms in total. The molecule has 3 aliphatic rings. The lowest BCUT2D eigenvalue weighted by atomic mass is 9.56. The van der Waals surface area contributed by atoms with Crippen molar-refractivity contribution in [2.24, 2.45) is 17.3 Å². The molecule has 0 unspecified atom stereocenters. The maximum Gasteiger partial charge on any atom is 0.219 e. The Bertz CT molecular complexity index is 325. The van der Waals surface area contributed by atoms with Crippen molar-refractivity contribution >= 4 is 34.1 Å². The molecular formula is C12H18O2S2. The smallest absolute Gasteiger partial charge is 0.219 e. The summed E-state index contributed by atoms with van der Waals surface area (Å²) in [4.78, 5) is 11.9. The third-order valence-electron chi connectivity index (χ3n) is 4.09. The van der Waals surface area contributed by atoms with Gasteiger partial charge in [-0.1, -0.05) is 25.6 Å². The first-order valence-corrected chi connectivity index (χ1v) is 7.34. The molecule has 2 bridgehead atoms. The molecule has 90 valence electrons. The number of thiocarbonyl (C=S) groups is 1. The van der Waals surface area contributed by atoms with Crippen LogP contribution in [0.25, 0.3) is 0 Å². The Morgan fingerprint density at radius 1 is 1.56 bits per heavy atom. The molecule has 3 saturated carbocycles. The first-order chi connectivity index (χ1) is 7.44. The summed E-state index contributed by atoms with van der Waals surface area (Å²) in [6.07, 6.45) is 4.64. The van der Waals surface area contributed by atoms with E-state index in [1.807, 2.05) is 6.26 Å². The molecule has 16 heavy (non-hydrogen) atoms. The Morgan fingerprint density at radius 3 is 2.81 bits per heavy atom. The number of carbonyl (C=O) groups excluding carboxylic acids is 1. The van der Waals surface area contributed by atoms with Crippen LogP contribution in [0.5, 0.6) is 0 Å². The number of thioether (sulfide) groups is 1. The predicted molar refractivity (Wildman–Crippen MR) is 70.6 cm³/mol. The zero-order valence-electron chi connectivity index (χ0n) is 9.99. The second-order valence-electron chi connectivity index (χ2n) is 5.51. The van der Waals surface area contributed by atoms with Crippen LogP contribution in [0.1, 0.15) is 33.1 Å². The average Bonchev–Trinajstić information content (AvgIpc) is 2.20. The van der Waals surface area contributed by atoms with E-state index in [0.29, 0.717) is 21.5 Å². The van der Waals surface area contributed by atoms with Gasteiger partial charge in [-0.25, -0.2) is 0 Å². The zero-order valence-corrected chi connectivity index (χ0v) is 11.6. The summed E-state index contributed by atoms with van der Waals surface area (Å²) in [5.41, 5.74) is 0.291. The molecule has 0 radical (unpaired) electrons. The largest absolute Gasteiger partial charge is 0.474 e. The average molecular weight is 258 g/mol. The van der Waals surface area contributed by atoms with E-state index in [0.717, 1.165) is 19.3 Å². The number of hydrogen-bond acceptors (Lipinski definition) is 4. The van der Waals surface area contributed by atoms with Crippen LogP contribution in [0, 0.1) is 17.3 Å². The minimum atomic E-state index is 0.0409. The lowest BCUT2D eigenvalue weighted by Crippen LogP contribution is -2.51. The zero-order chi connectivity index (χ0) is 11.9. The molecule has 0 spiro atoms. The van der Waals surface area contributed by atoms with E-state index in [9.17, 15) is 4.79 Å². The molecule has 3 rings (SSSR count). The van der Waals surface area contributed by atoms with Crippen LogP contribution in [-0.2, 0) is 9.53 Å². The fourth-order valence-corrected chi connectivity index (χ4v) is 3.35. The van der Waals surface area contributed by atoms with Crippen molar-refractivity contribution < 1.29 is 9.53 Å². The van der Waals surface area contributed by atoms with Crippen LogP contribution in [0.4, 0.5) is 0 Å². The topological polar surface area (TPSA) is 26.3 Å². The number of ketones is 1. The second kappa shape index (κ2) is 4.30. The van der Waals surface area contributed by atoms with Gasteiger partial charge in [-0.3, -0.25) is 4.79 Å². The Labute approximate surface area is 106 Å². The molecular weight excluding hydrogens is 240 g/mol. The van der Waals surface area contributed by atoms with Gasteiger partial charge in [0.25, 0.3) is 0 Å². The summed E-state index contributed by atoms with van der Waals surface area (Å²) in [6.45, 7) is 4.53. The van der Waals surface area contributed by atoms with Gasteiger partial charge in [0.05, 0.1) is 5.92 Å². The SMILES string of the molecule is CSC(=S)O[C@H]1C[C@H]2CC(=O)[C@H]1CC2(C)C. The number of carbonyl (C=O) groups is 1. The van der Waals surface area contributed by atoms with E-state index in [1.165, 1.54) is 11.8 Å². The van der Waals surface area contributed by atoms with Crippen LogP contribution in [0.2, 0.25) is 0 Å². The first-order valence-electron chi connectivity index (χ1n) is 5.71. The lowest BCUT2D eigenvalue weighted by Gasteiger charge is -2.50. The molecule has 0 aromatic rings. The van der Waals surface area contributed by atoms with Gasteiger partial charge in [0.1, 0.15) is 11.9 Å². The molecule has 0 heterocycles. The van der Waals surface area contributed by atoms with Crippen molar-refractivity contribution in [2.45, 2.75) is 39.2 Å². The predicted octanol–water partition coefficient (Wildman–Crippen LogP) is 3.04. The van der Waals surface area contributed by atoms with Gasteiger partial charge in [-0.15, -0.1) is 0 Å². The third-order valence-corrected chi connectivity index (χ3v) is 5.12. The summed E-state index contributed by atoms with van der Waals surface area (Å²) in [7, 11) is 0. The highest BCUT2D eigenvalue weighted by molar-refractivity contribution is 8.22. The molecule has 3 fully saturated rings. The van der Waals surface area contributed by atoms with Crippen LogP contribution in [-0.4, -0.2) is 22.5 Å². The Kier molecular flexibility index (Phi) is 3.32. The quantitative estimate of drug-likeness (QED) is 0.675. The number of rotatable bonds is 1. The monoisotopic (exact) mass is 258 g/mol. The number of ether oxygens (including phenoxy) is 1. The van der Waals surface area contributed by atoms with Gasteiger partial charge >= 0.3 is 0 Å². The second-order valence-corrected chi connectivity index (χ2v) is 6.92. The standard InChI is InChI=1S/C12H18O2S2/c1-12(2)6-8-9(13)4-7(12)5-10(8)14-11(15)16-3/h7-8,10H,4-6H2,1-3H3/t7-,8-,10+/m1/s1. The molecule has 0 saturated heterocycles. The fraction of sp³-hybridized carbons (Fsp3) is 0.833. The lowest BCUT2D eigenvalue weighted by molar-refractivity contribution is -0.144. The Morgan fingerprint density at radius 2 is 2.25 bits per heavy atom. The molecule has 4 heteroatoms. The Balaban J connectivity index is 2.10. The van der Waals surface area contributed by atoms with Gasteiger partial charge in [-0.05, 0) is 42.6 Å². The number of Topliss-reactive ketones (excluding diaryl/α,β-unsaturated/α-hetero) is 1. The maximum atomic E-state index is 11.9. The van der Waals surface area contributed by atoms with Crippen LogP contribution >= 0.6 is 24.0 Å². The van der Waals surface area contributed by atoms with E-state index in [-0.39, 0.29) is 12.0 Å². The van der Waals surface area contributed by atoms with Crippen molar-refractivity contribution in [3.8, 4) is 0 Å². The molecule has 0 N–H and O–H groups in total. The van der Waals surface area contributed by atoms with Crippen molar-refractivity contribution in [1.29, 1.82) is 0 Å². The molecule has 0 aromatic heterocycles. The van der Waals surface area contributed by atoms with Crippen molar-refractivity contribution in [3.63, 3.8) is 0 Å². The molecule has 0 amide bonds. The van der Waals surface area contributed by atoms with Crippen molar-refractivity contribution in [3.05, 3.63) is 0 Å². The minimum Gasteiger partial charge on any atom is -0.474 e. The summed E-state index contributed by atoms with van der Waals surface area (Å²) in [6, 6.07) is 0. The van der Waals surface area contributed by atoms with Crippen LogP contribution in [0.15, 0.2) is 0 Å². The summed E-state index contributed by atoms with van der Waals surface area (Å²) in [5, 5.41) is 0. The fourth-order valence-electron chi connectivity index (χ4n) is 3.01. The summed E-state index contributed by atoms with van der Waals surface area (Å²) >= 11 is 6.52. The van der Waals surface area contributed by atoms with E-state index in [4.69, 9.17) is 17.0 Å². The molecule has 0 aliphatic heterocycles. The first kappa shape index (κ1) is 12.4. The highest BCUT2D eigenvalue weighted by Crippen LogP contribution is 2.51. The maximum absolute atomic E-state index is 11.9. The third kappa shape index (κ3) is 2.14. The van der Waals surface area contributed by atoms with Crippen molar-refractivity contribution in [1.82, 2.24) is 0 Å². The van der Waals surface area contributed by atoms with Gasteiger partial charge in [0.15, 0.2) is 0 Å². The van der Waals surface area contributed by atoms with Gasteiger partial charge in [0, 0.05) is 6.42 Å². The van der Waals surface area contributed by atoms with E-state index >= 15 is 0 Å². The van der Waals surface area contributed by atoms with E-state index < -0.39 is 0 Å². The van der Waals surface area contributed by atoms with Crippen molar-refractivity contribution in [2.75, 3.05) is 6.26 Å². The van der Waals surface area contributed by atoms with Crippen LogP contribution < -0.4 is 0 Å². The van der Waals surface area contributed by atoms with Gasteiger partial charge in [0.2, 0.25) is 4.38 Å². The van der Waals surface area contributed by atoms with Gasteiger partial charge < -0.3 is 4.74 Å². The Hall–Kier alpha value is -0.0900. The molecule has 3 aliphatic carbocycles. The summed E-state index contributed by atoms with van der Waals surface area (Å²) in [5.74, 6) is 0.925. The number of hydrogen-bond donors (Lipinski definition) is 0. The van der Waals surface area contributed by atoms with E-state index in [1.54, 1.807) is 0 Å². The normalized spacial score (nSPS) is 36.2. The number of fused-ring (bicyclic) bond motifs is 3. The van der Waals surface area contributed by atoms with Crippen LogP contribution in [0.3, 0.4) is 0 Å².